The average molecular weight is 339 g/mol. The molecule has 0 aromatic heterocycles. The Morgan fingerprint density at radius 1 is 1.27 bits per heavy atom. The molecule has 0 aliphatic heterocycles. The number of anilines is 1. The van der Waals surface area contributed by atoms with Gasteiger partial charge in [-0.3, -0.25) is 14.9 Å². The zero-order chi connectivity index (χ0) is 16.1. The number of hydrogen-bond acceptors (Lipinski definition) is 5. The molecular formula is C14H11ClN2O4S. The average Bonchev–Trinajstić information content (AvgIpc) is 2.50. The fourth-order valence-electron chi connectivity index (χ4n) is 1.61. The molecule has 2 aromatic rings. The van der Waals surface area contributed by atoms with Crippen LogP contribution in [0.25, 0.3) is 0 Å². The fraction of sp³-hybridized carbons (Fsp3) is 0.0714. The number of non-ortho nitro benzene ring substituents is 1. The summed E-state index contributed by atoms with van der Waals surface area (Å²) in [4.78, 5) is 22.9. The lowest BCUT2D eigenvalue weighted by Crippen LogP contribution is -2.05. The molecule has 0 bridgehead atoms. The molecule has 0 aliphatic rings. The Hall–Kier alpha value is -2.25. The molecule has 0 saturated carbocycles. The summed E-state index contributed by atoms with van der Waals surface area (Å²) < 4.78 is 5.03. The molecule has 0 heterocycles. The quantitative estimate of drug-likeness (QED) is 0.501. The Morgan fingerprint density at radius 3 is 2.55 bits per heavy atom. The summed E-state index contributed by atoms with van der Waals surface area (Å²) in [7, 11) is 1.55. The van der Waals surface area contributed by atoms with Gasteiger partial charge < -0.3 is 10.1 Å². The summed E-state index contributed by atoms with van der Waals surface area (Å²) in [5.74, 6) is 0.687. The van der Waals surface area contributed by atoms with Gasteiger partial charge in [0.1, 0.15) is 5.75 Å². The standard InChI is InChI=1S/C14H11ClN2O4S/c1-21-10-3-5-11(6-4-10)22-14(18)16-13-8-9(17(19)20)2-7-12(13)15/h2-8H,1H3,(H,16,18). The molecule has 0 fully saturated rings. The van der Waals surface area contributed by atoms with Crippen LogP contribution in [0.5, 0.6) is 5.75 Å². The van der Waals surface area contributed by atoms with Gasteiger partial charge in [-0.05, 0) is 42.1 Å². The summed E-state index contributed by atoms with van der Waals surface area (Å²) in [6.07, 6.45) is 0. The minimum atomic E-state index is -0.553. The van der Waals surface area contributed by atoms with Crippen LogP contribution in [-0.2, 0) is 0 Å². The lowest BCUT2D eigenvalue weighted by molar-refractivity contribution is -0.384. The highest BCUT2D eigenvalue weighted by molar-refractivity contribution is 8.13. The summed E-state index contributed by atoms with van der Waals surface area (Å²) in [6, 6.07) is 10.8. The van der Waals surface area contributed by atoms with Crippen molar-refractivity contribution in [2.45, 2.75) is 4.90 Å². The largest absolute Gasteiger partial charge is 0.497 e. The van der Waals surface area contributed by atoms with Gasteiger partial charge in [-0.25, -0.2) is 0 Å². The van der Waals surface area contributed by atoms with E-state index in [4.69, 9.17) is 16.3 Å². The highest BCUT2D eigenvalue weighted by Gasteiger charge is 2.13. The van der Waals surface area contributed by atoms with E-state index in [0.717, 1.165) is 11.8 Å². The maximum absolute atomic E-state index is 12.0. The van der Waals surface area contributed by atoms with Crippen LogP contribution >= 0.6 is 23.4 Å². The van der Waals surface area contributed by atoms with Crippen LogP contribution in [0.3, 0.4) is 0 Å². The van der Waals surface area contributed by atoms with Gasteiger partial charge in [0.2, 0.25) is 0 Å². The van der Waals surface area contributed by atoms with E-state index in [1.807, 2.05) is 0 Å². The molecule has 0 unspecified atom stereocenters. The van der Waals surface area contributed by atoms with E-state index in [1.54, 1.807) is 31.4 Å². The third kappa shape index (κ3) is 4.12. The van der Waals surface area contributed by atoms with Crippen molar-refractivity contribution in [2.24, 2.45) is 0 Å². The van der Waals surface area contributed by atoms with Crippen LogP contribution in [0.1, 0.15) is 0 Å². The van der Waals surface area contributed by atoms with Crippen molar-refractivity contribution in [2.75, 3.05) is 12.4 Å². The van der Waals surface area contributed by atoms with E-state index in [9.17, 15) is 14.9 Å². The summed E-state index contributed by atoms with van der Waals surface area (Å²) in [5, 5.41) is 13.1. The molecule has 1 N–H and O–H groups in total. The first-order valence-corrected chi connectivity index (χ1v) is 7.26. The summed E-state index contributed by atoms with van der Waals surface area (Å²) in [6.45, 7) is 0. The lowest BCUT2D eigenvalue weighted by atomic mass is 10.3. The molecule has 22 heavy (non-hydrogen) atoms. The van der Waals surface area contributed by atoms with Gasteiger partial charge in [-0.1, -0.05) is 11.6 Å². The van der Waals surface area contributed by atoms with Crippen LogP contribution in [0.15, 0.2) is 47.4 Å². The van der Waals surface area contributed by atoms with Gasteiger partial charge in [-0.15, -0.1) is 0 Å². The first-order chi connectivity index (χ1) is 10.5. The topological polar surface area (TPSA) is 81.5 Å². The van der Waals surface area contributed by atoms with Gasteiger partial charge in [-0.2, -0.15) is 0 Å². The highest BCUT2D eigenvalue weighted by atomic mass is 35.5. The third-order valence-electron chi connectivity index (χ3n) is 2.67. The molecule has 8 heteroatoms. The molecule has 2 aromatic carbocycles. The SMILES string of the molecule is COc1ccc(SC(=O)Nc2cc([N+](=O)[O-])ccc2Cl)cc1. The fourth-order valence-corrected chi connectivity index (χ4v) is 2.42. The number of carbonyl (C=O) groups excluding carboxylic acids is 1. The first kappa shape index (κ1) is 16.1. The minimum absolute atomic E-state index is 0.144. The predicted octanol–water partition coefficient (Wildman–Crippen LogP) is 4.58. The van der Waals surface area contributed by atoms with Gasteiger partial charge in [0, 0.05) is 17.0 Å². The number of nitro groups is 1. The van der Waals surface area contributed by atoms with E-state index < -0.39 is 10.2 Å². The second-order valence-corrected chi connectivity index (χ2v) is 5.56. The van der Waals surface area contributed by atoms with Crippen LogP contribution in [-0.4, -0.2) is 17.3 Å². The maximum atomic E-state index is 12.0. The van der Waals surface area contributed by atoms with E-state index in [2.05, 4.69) is 5.32 Å². The number of rotatable bonds is 4. The van der Waals surface area contributed by atoms with Gasteiger partial charge in [0.05, 0.1) is 22.7 Å². The zero-order valence-electron chi connectivity index (χ0n) is 11.4. The van der Waals surface area contributed by atoms with E-state index in [-0.39, 0.29) is 16.4 Å². The normalized spacial score (nSPS) is 10.1. The molecule has 0 aliphatic carbocycles. The number of methoxy groups -OCH3 is 1. The number of nitrogens with zero attached hydrogens (tertiary/aromatic N) is 1. The van der Waals surface area contributed by atoms with Crippen LogP contribution in [0, 0.1) is 10.1 Å². The number of ether oxygens (including phenoxy) is 1. The lowest BCUT2D eigenvalue weighted by Gasteiger charge is -2.07. The zero-order valence-corrected chi connectivity index (χ0v) is 13.0. The van der Waals surface area contributed by atoms with E-state index in [0.29, 0.717) is 10.6 Å². The Morgan fingerprint density at radius 2 is 1.95 bits per heavy atom. The Bertz CT molecular complexity index is 706. The van der Waals surface area contributed by atoms with Crippen molar-refractivity contribution >= 4 is 40.0 Å². The number of benzene rings is 2. The van der Waals surface area contributed by atoms with Crippen LogP contribution in [0.2, 0.25) is 5.02 Å². The monoisotopic (exact) mass is 338 g/mol. The Labute approximate surface area is 135 Å². The maximum Gasteiger partial charge on any atom is 0.288 e. The van der Waals surface area contributed by atoms with Crippen LogP contribution in [0.4, 0.5) is 16.2 Å². The number of thioether (sulfide) groups is 1. The second kappa shape index (κ2) is 7.15. The molecule has 0 radical (unpaired) electrons. The molecule has 2 rings (SSSR count). The second-order valence-electron chi connectivity index (χ2n) is 4.11. The molecule has 0 saturated heterocycles. The Kier molecular flexibility index (Phi) is 5.24. The molecule has 1 amide bonds. The summed E-state index contributed by atoms with van der Waals surface area (Å²) in [5.41, 5.74) is 0.0519. The predicted molar refractivity (Wildman–Crippen MR) is 86.0 cm³/mol. The number of nitro benzene ring substituents is 1. The first-order valence-electron chi connectivity index (χ1n) is 6.06. The number of carbonyl (C=O) groups is 1. The summed E-state index contributed by atoms with van der Waals surface area (Å²) >= 11 is 6.87. The van der Waals surface area contributed by atoms with E-state index >= 15 is 0 Å². The Balaban J connectivity index is 2.08. The molecule has 6 nitrogen and oxygen atoms in total. The van der Waals surface area contributed by atoms with Crippen molar-refractivity contribution < 1.29 is 14.5 Å². The van der Waals surface area contributed by atoms with Crippen molar-refractivity contribution in [3.63, 3.8) is 0 Å². The van der Waals surface area contributed by atoms with Crippen molar-refractivity contribution in [3.8, 4) is 5.75 Å². The van der Waals surface area contributed by atoms with Gasteiger partial charge in [0.25, 0.3) is 10.9 Å². The van der Waals surface area contributed by atoms with Crippen LogP contribution < -0.4 is 10.1 Å². The van der Waals surface area contributed by atoms with Gasteiger partial charge >= 0.3 is 0 Å². The molecule has 114 valence electrons. The van der Waals surface area contributed by atoms with Crippen molar-refractivity contribution in [1.82, 2.24) is 0 Å². The highest BCUT2D eigenvalue weighted by Crippen LogP contribution is 2.29. The molecule has 0 atom stereocenters. The van der Waals surface area contributed by atoms with Crippen molar-refractivity contribution in [3.05, 3.63) is 57.6 Å². The van der Waals surface area contributed by atoms with Crippen molar-refractivity contribution in [1.29, 1.82) is 0 Å². The number of amides is 1. The third-order valence-corrected chi connectivity index (χ3v) is 3.79. The smallest absolute Gasteiger partial charge is 0.288 e. The molecular weight excluding hydrogens is 328 g/mol. The molecule has 0 spiro atoms. The number of halogens is 1. The van der Waals surface area contributed by atoms with E-state index in [1.165, 1.54) is 18.2 Å². The van der Waals surface area contributed by atoms with Gasteiger partial charge in [0.15, 0.2) is 0 Å². The number of hydrogen-bond donors (Lipinski definition) is 1. The minimum Gasteiger partial charge on any atom is -0.497 e. The number of nitrogens with one attached hydrogen (secondary N) is 1.